The first-order valence-corrected chi connectivity index (χ1v) is 6.31. The van der Waals surface area contributed by atoms with Gasteiger partial charge in [-0.3, -0.25) is 0 Å². The number of hydrogen-bond acceptors (Lipinski definition) is 3. The second-order valence-corrected chi connectivity index (χ2v) is 5.20. The smallest absolute Gasteiger partial charge is 0.144 e. The van der Waals surface area contributed by atoms with Gasteiger partial charge in [0.1, 0.15) is 5.82 Å². The molecule has 0 aliphatic heterocycles. The molecule has 1 aromatic carbocycles. The number of halogens is 2. The van der Waals surface area contributed by atoms with Crippen LogP contribution in [0.1, 0.15) is 4.88 Å². The Hall–Kier alpha value is -1.26. The molecule has 2 nitrogen and oxygen atoms in total. The molecule has 0 aliphatic rings. The van der Waals surface area contributed by atoms with E-state index >= 15 is 0 Å². The first kappa shape index (κ1) is 12.2. The summed E-state index contributed by atoms with van der Waals surface area (Å²) < 4.78 is 13.4. The van der Waals surface area contributed by atoms with Crippen molar-refractivity contribution in [1.29, 1.82) is 0 Å². The fourth-order valence-corrected chi connectivity index (χ4v) is 2.53. The highest BCUT2D eigenvalue weighted by atomic mass is 35.5. The summed E-state index contributed by atoms with van der Waals surface area (Å²) >= 11 is 7.32. The predicted octanol–water partition coefficient (Wildman–Crippen LogP) is 3.76. The quantitative estimate of drug-likeness (QED) is 0.861. The number of thiophene rings is 1. The molecule has 0 amide bonds. The Kier molecular flexibility index (Phi) is 3.54. The number of nitrogens with two attached hydrogens (primary N) is 1. The van der Waals surface area contributed by atoms with Crippen molar-refractivity contribution >= 4 is 34.3 Å². The first-order valence-electron chi connectivity index (χ1n) is 5.06. The Morgan fingerprint density at radius 3 is 2.88 bits per heavy atom. The number of benzene rings is 1. The van der Waals surface area contributed by atoms with E-state index in [2.05, 4.69) is 0 Å². The second kappa shape index (κ2) is 4.94. The van der Waals surface area contributed by atoms with E-state index in [-0.39, 0.29) is 5.02 Å². The molecule has 0 atom stereocenters. The fraction of sp³-hybridized carbons (Fsp3) is 0.167. The summed E-state index contributed by atoms with van der Waals surface area (Å²) in [6, 6.07) is 6.83. The van der Waals surface area contributed by atoms with Crippen molar-refractivity contribution in [3.63, 3.8) is 0 Å². The minimum atomic E-state index is -0.450. The van der Waals surface area contributed by atoms with Crippen LogP contribution in [0.3, 0.4) is 0 Å². The summed E-state index contributed by atoms with van der Waals surface area (Å²) in [4.78, 5) is 3.10. The molecule has 0 unspecified atom stereocenters. The molecule has 2 rings (SSSR count). The van der Waals surface area contributed by atoms with Crippen molar-refractivity contribution in [2.75, 3.05) is 17.7 Å². The van der Waals surface area contributed by atoms with E-state index in [1.54, 1.807) is 11.3 Å². The van der Waals surface area contributed by atoms with Gasteiger partial charge in [-0.2, -0.15) is 0 Å². The normalized spacial score (nSPS) is 10.5. The highest BCUT2D eigenvalue weighted by Gasteiger charge is 2.10. The average molecular weight is 271 g/mol. The molecule has 0 fully saturated rings. The van der Waals surface area contributed by atoms with E-state index in [4.69, 9.17) is 17.3 Å². The number of rotatable bonds is 3. The lowest BCUT2D eigenvalue weighted by atomic mass is 10.2. The SMILES string of the molecule is CN(Cc1cccs1)c1cc(F)c(Cl)cc1N. The molecule has 2 N–H and O–H groups in total. The summed E-state index contributed by atoms with van der Waals surface area (Å²) in [5, 5.41) is 2.06. The zero-order chi connectivity index (χ0) is 12.4. The Bertz CT molecular complexity index is 513. The van der Waals surface area contributed by atoms with Crippen LogP contribution in [0.25, 0.3) is 0 Å². The van der Waals surface area contributed by atoms with Gasteiger partial charge in [-0.15, -0.1) is 11.3 Å². The second-order valence-electron chi connectivity index (χ2n) is 3.76. The van der Waals surface area contributed by atoms with Crippen LogP contribution in [-0.4, -0.2) is 7.05 Å². The van der Waals surface area contributed by atoms with Crippen LogP contribution >= 0.6 is 22.9 Å². The number of nitrogens with zero attached hydrogens (tertiary/aromatic N) is 1. The molecular formula is C12H12ClFN2S. The van der Waals surface area contributed by atoms with Gasteiger partial charge in [-0.05, 0) is 17.5 Å². The molecule has 0 saturated heterocycles. The maximum Gasteiger partial charge on any atom is 0.144 e. The van der Waals surface area contributed by atoms with Gasteiger partial charge in [0.25, 0.3) is 0 Å². The van der Waals surface area contributed by atoms with E-state index in [1.807, 2.05) is 29.5 Å². The Morgan fingerprint density at radius 1 is 1.47 bits per heavy atom. The largest absolute Gasteiger partial charge is 0.397 e. The van der Waals surface area contributed by atoms with Crippen molar-refractivity contribution in [2.45, 2.75) is 6.54 Å². The summed E-state index contributed by atoms with van der Waals surface area (Å²) in [5.74, 6) is -0.450. The van der Waals surface area contributed by atoms with Crippen molar-refractivity contribution in [2.24, 2.45) is 0 Å². The Labute approximate surface area is 108 Å². The third-order valence-electron chi connectivity index (χ3n) is 2.45. The zero-order valence-electron chi connectivity index (χ0n) is 9.28. The molecule has 1 aromatic heterocycles. The van der Waals surface area contributed by atoms with Gasteiger partial charge in [-0.1, -0.05) is 17.7 Å². The van der Waals surface area contributed by atoms with E-state index in [9.17, 15) is 4.39 Å². The molecule has 0 radical (unpaired) electrons. The molecule has 0 bridgehead atoms. The van der Waals surface area contributed by atoms with Crippen LogP contribution in [0.4, 0.5) is 15.8 Å². The highest BCUT2D eigenvalue weighted by Crippen LogP contribution is 2.29. The zero-order valence-corrected chi connectivity index (χ0v) is 10.9. The lowest BCUT2D eigenvalue weighted by Gasteiger charge is -2.20. The number of hydrogen-bond donors (Lipinski definition) is 1. The Morgan fingerprint density at radius 2 is 2.24 bits per heavy atom. The van der Waals surface area contributed by atoms with Gasteiger partial charge >= 0.3 is 0 Å². The predicted molar refractivity (Wildman–Crippen MR) is 72.2 cm³/mol. The summed E-state index contributed by atoms with van der Waals surface area (Å²) in [6.07, 6.45) is 0. The lowest BCUT2D eigenvalue weighted by molar-refractivity contribution is 0.628. The molecule has 1 heterocycles. The van der Waals surface area contributed by atoms with Crippen LogP contribution < -0.4 is 10.6 Å². The van der Waals surface area contributed by atoms with E-state index in [1.165, 1.54) is 17.0 Å². The highest BCUT2D eigenvalue weighted by molar-refractivity contribution is 7.09. The topological polar surface area (TPSA) is 29.3 Å². The summed E-state index contributed by atoms with van der Waals surface area (Å²) in [6.45, 7) is 0.697. The Balaban J connectivity index is 2.24. The molecule has 2 aromatic rings. The van der Waals surface area contributed by atoms with Crippen LogP contribution in [0.2, 0.25) is 5.02 Å². The standard InChI is InChI=1S/C12H12ClFN2S/c1-16(7-8-3-2-4-17-8)12-6-10(14)9(13)5-11(12)15/h2-6H,7,15H2,1H3. The van der Waals surface area contributed by atoms with E-state index < -0.39 is 5.82 Å². The third kappa shape index (κ3) is 2.70. The van der Waals surface area contributed by atoms with Gasteiger partial charge in [0.2, 0.25) is 0 Å². The summed E-state index contributed by atoms with van der Waals surface area (Å²) in [7, 11) is 1.87. The maximum absolute atomic E-state index is 13.4. The van der Waals surface area contributed by atoms with Crippen molar-refractivity contribution in [1.82, 2.24) is 0 Å². The molecule has 5 heteroatoms. The number of anilines is 2. The molecule has 0 spiro atoms. The van der Waals surface area contributed by atoms with Crippen LogP contribution in [-0.2, 0) is 6.54 Å². The van der Waals surface area contributed by atoms with Gasteiger partial charge in [0, 0.05) is 18.0 Å². The summed E-state index contributed by atoms with van der Waals surface area (Å²) in [5.41, 5.74) is 6.97. The van der Waals surface area contributed by atoms with Crippen LogP contribution in [0, 0.1) is 5.82 Å². The molecule has 0 aliphatic carbocycles. The van der Waals surface area contributed by atoms with Crippen molar-refractivity contribution < 1.29 is 4.39 Å². The first-order chi connectivity index (χ1) is 8.08. The van der Waals surface area contributed by atoms with Crippen LogP contribution in [0.5, 0.6) is 0 Å². The molecule has 0 saturated carbocycles. The lowest BCUT2D eigenvalue weighted by Crippen LogP contribution is -2.17. The average Bonchev–Trinajstić information content (AvgIpc) is 2.76. The van der Waals surface area contributed by atoms with Crippen LogP contribution in [0.15, 0.2) is 29.6 Å². The van der Waals surface area contributed by atoms with Gasteiger partial charge in [-0.25, -0.2) is 4.39 Å². The van der Waals surface area contributed by atoms with Gasteiger partial charge < -0.3 is 10.6 Å². The van der Waals surface area contributed by atoms with E-state index in [0.717, 1.165) is 0 Å². The maximum atomic E-state index is 13.4. The van der Waals surface area contributed by atoms with Crippen molar-refractivity contribution in [3.05, 3.63) is 45.4 Å². The molecule has 17 heavy (non-hydrogen) atoms. The van der Waals surface area contributed by atoms with Gasteiger partial charge in [0.15, 0.2) is 0 Å². The van der Waals surface area contributed by atoms with E-state index in [0.29, 0.717) is 17.9 Å². The fourth-order valence-electron chi connectivity index (χ4n) is 1.60. The van der Waals surface area contributed by atoms with Crippen molar-refractivity contribution in [3.8, 4) is 0 Å². The monoisotopic (exact) mass is 270 g/mol. The molecule has 90 valence electrons. The third-order valence-corrected chi connectivity index (χ3v) is 3.60. The molecular weight excluding hydrogens is 259 g/mol. The number of nitrogen functional groups attached to an aromatic ring is 1. The van der Waals surface area contributed by atoms with Gasteiger partial charge in [0.05, 0.1) is 22.9 Å². The minimum Gasteiger partial charge on any atom is -0.397 e. The minimum absolute atomic E-state index is 0.0516.